The van der Waals surface area contributed by atoms with E-state index in [4.69, 9.17) is 5.11 Å². The molecule has 3 heteroatoms. The molecule has 0 spiro atoms. The third-order valence-electron chi connectivity index (χ3n) is 3.27. The minimum atomic E-state index is -0.843. The van der Waals surface area contributed by atoms with Crippen LogP contribution in [0.25, 0.3) is 0 Å². The zero-order valence-corrected chi connectivity index (χ0v) is 11.4. The Morgan fingerprint density at radius 1 is 1.11 bits per heavy atom. The third-order valence-corrected chi connectivity index (χ3v) is 3.27. The van der Waals surface area contributed by atoms with Gasteiger partial charge >= 0.3 is 5.97 Å². The van der Waals surface area contributed by atoms with Gasteiger partial charge in [-0.2, -0.15) is 0 Å². The number of hydrogen-bond acceptors (Lipinski definition) is 1. The molecule has 0 aliphatic rings. The molecule has 1 N–H and O–H groups in total. The lowest BCUT2D eigenvalue weighted by atomic mass is 10.1. The van der Waals surface area contributed by atoms with E-state index in [1.54, 1.807) is 12.3 Å². The van der Waals surface area contributed by atoms with Gasteiger partial charge in [0.05, 0.1) is 5.56 Å². The second-order valence-corrected chi connectivity index (χ2v) is 4.92. The summed E-state index contributed by atoms with van der Waals surface area (Å²) in [6, 6.07) is 1.66. The van der Waals surface area contributed by atoms with Crippen molar-refractivity contribution < 1.29 is 9.90 Å². The average Bonchev–Trinajstić information content (AvgIpc) is 2.81. The van der Waals surface area contributed by atoms with Crippen molar-refractivity contribution in [3.63, 3.8) is 0 Å². The average molecular weight is 251 g/mol. The molecule has 0 aliphatic carbocycles. The normalized spacial score (nSPS) is 10.7. The van der Waals surface area contributed by atoms with E-state index >= 15 is 0 Å². The van der Waals surface area contributed by atoms with Gasteiger partial charge < -0.3 is 9.67 Å². The predicted octanol–water partition coefficient (Wildman–Crippen LogP) is 4.33. The van der Waals surface area contributed by atoms with Crippen LogP contribution in [0.1, 0.15) is 68.6 Å². The van der Waals surface area contributed by atoms with Crippen LogP contribution in [0.2, 0.25) is 0 Å². The Balaban J connectivity index is 2.02. The highest BCUT2D eigenvalue weighted by atomic mass is 16.4. The summed E-state index contributed by atoms with van der Waals surface area (Å²) < 4.78 is 1.97. The molecule has 3 nitrogen and oxygen atoms in total. The maximum absolute atomic E-state index is 10.7. The van der Waals surface area contributed by atoms with Crippen molar-refractivity contribution in [2.45, 2.75) is 64.8 Å². The lowest BCUT2D eigenvalue weighted by molar-refractivity contribution is 0.0697. The standard InChI is InChI=1S/C15H25NO2/c1-2-3-4-5-6-7-8-9-11-16-12-10-14(13-16)15(17)18/h10,12-13H,2-9,11H2,1H3,(H,17,18). The number of aryl methyl sites for hydroxylation is 1. The summed E-state index contributed by atoms with van der Waals surface area (Å²) in [7, 11) is 0. The molecule has 1 aromatic heterocycles. The van der Waals surface area contributed by atoms with Crippen molar-refractivity contribution >= 4 is 5.97 Å². The summed E-state index contributed by atoms with van der Waals surface area (Å²) in [5, 5.41) is 8.80. The summed E-state index contributed by atoms with van der Waals surface area (Å²) in [6.45, 7) is 3.17. The zero-order chi connectivity index (χ0) is 13.2. The summed E-state index contributed by atoms with van der Waals surface area (Å²) in [5.41, 5.74) is 0.384. The zero-order valence-electron chi connectivity index (χ0n) is 11.4. The van der Waals surface area contributed by atoms with Crippen molar-refractivity contribution in [2.75, 3.05) is 0 Å². The van der Waals surface area contributed by atoms with Gasteiger partial charge in [-0.05, 0) is 12.5 Å². The second kappa shape index (κ2) is 8.78. The number of hydrogen-bond donors (Lipinski definition) is 1. The van der Waals surface area contributed by atoms with Crippen molar-refractivity contribution in [3.8, 4) is 0 Å². The molecule has 0 saturated heterocycles. The van der Waals surface area contributed by atoms with Gasteiger partial charge in [-0.25, -0.2) is 4.79 Å². The highest BCUT2D eigenvalue weighted by Gasteiger charge is 2.03. The minimum Gasteiger partial charge on any atom is -0.478 e. The van der Waals surface area contributed by atoms with Crippen LogP contribution < -0.4 is 0 Å². The smallest absolute Gasteiger partial charge is 0.337 e. The number of unbranched alkanes of at least 4 members (excludes halogenated alkanes) is 7. The fraction of sp³-hybridized carbons (Fsp3) is 0.667. The van der Waals surface area contributed by atoms with Crippen LogP contribution in [0.4, 0.5) is 0 Å². The number of aromatic nitrogens is 1. The first-order valence-electron chi connectivity index (χ1n) is 7.13. The molecule has 0 saturated carbocycles. The van der Waals surface area contributed by atoms with Gasteiger partial charge in [0.2, 0.25) is 0 Å². The van der Waals surface area contributed by atoms with E-state index in [2.05, 4.69) is 6.92 Å². The third kappa shape index (κ3) is 5.89. The van der Waals surface area contributed by atoms with Crippen LogP contribution in [0.5, 0.6) is 0 Å². The van der Waals surface area contributed by atoms with Gasteiger partial charge in [0.15, 0.2) is 0 Å². The van der Waals surface area contributed by atoms with Crippen LogP contribution in [0, 0.1) is 0 Å². The molecule has 1 heterocycles. The molecule has 18 heavy (non-hydrogen) atoms. The SMILES string of the molecule is CCCCCCCCCCn1ccc(C(=O)O)c1. The molecule has 102 valence electrons. The first-order chi connectivity index (χ1) is 8.74. The highest BCUT2D eigenvalue weighted by molar-refractivity contribution is 5.87. The molecular formula is C15H25NO2. The van der Waals surface area contributed by atoms with E-state index in [-0.39, 0.29) is 0 Å². The molecule has 0 atom stereocenters. The fourth-order valence-corrected chi connectivity index (χ4v) is 2.13. The molecule has 0 fully saturated rings. The number of carboxylic acids is 1. The number of rotatable bonds is 10. The summed E-state index contributed by atoms with van der Waals surface area (Å²) >= 11 is 0. The first-order valence-corrected chi connectivity index (χ1v) is 7.13. The van der Waals surface area contributed by atoms with Gasteiger partial charge in [0.25, 0.3) is 0 Å². The molecular weight excluding hydrogens is 226 g/mol. The lowest BCUT2D eigenvalue weighted by Crippen LogP contribution is -1.96. The number of nitrogens with zero attached hydrogens (tertiary/aromatic N) is 1. The Morgan fingerprint density at radius 3 is 2.28 bits per heavy atom. The van der Waals surface area contributed by atoms with Crippen molar-refractivity contribution in [2.24, 2.45) is 0 Å². The van der Waals surface area contributed by atoms with Gasteiger partial charge in [-0.3, -0.25) is 0 Å². The molecule has 0 unspecified atom stereocenters. The van der Waals surface area contributed by atoms with E-state index in [9.17, 15) is 4.79 Å². The Hall–Kier alpha value is -1.25. The molecule has 0 aliphatic heterocycles. The quantitative estimate of drug-likeness (QED) is 0.629. The van der Waals surface area contributed by atoms with E-state index < -0.39 is 5.97 Å². The van der Waals surface area contributed by atoms with E-state index in [0.29, 0.717) is 5.56 Å². The van der Waals surface area contributed by atoms with Crippen LogP contribution in [0.3, 0.4) is 0 Å². The second-order valence-electron chi connectivity index (χ2n) is 4.92. The van der Waals surface area contributed by atoms with Gasteiger partial charge in [0.1, 0.15) is 0 Å². The highest BCUT2D eigenvalue weighted by Crippen LogP contribution is 2.09. The number of aromatic carboxylic acids is 1. The maximum Gasteiger partial charge on any atom is 0.337 e. The van der Waals surface area contributed by atoms with Crippen LogP contribution >= 0.6 is 0 Å². The number of carboxylic acid groups (broad SMARTS) is 1. The summed E-state index contributed by atoms with van der Waals surface area (Å²) in [4.78, 5) is 10.7. The molecule has 1 aromatic rings. The summed E-state index contributed by atoms with van der Waals surface area (Å²) in [5.74, 6) is -0.843. The van der Waals surface area contributed by atoms with Crippen LogP contribution in [-0.4, -0.2) is 15.6 Å². The molecule has 0 bridgehead atoms. The largest absolute Gasteiger partial charge is 0.478 e. The van der Waals surface area contributed by atoms with Crippen molar-refractivity contribution in [1.29, 1.82) is 0 Å². The van der Waals surface area contributed by atoms with Crippen LogP contribution in [-0.2, 0) is 6.54 Å². The Kier molecular flexibility index (Phi) is 7.23. The topological polar surface area (TPSA) is 42.2 Å². The molecule has 1 rings (SSSR count). The van der Waals surface area contributed by atoms with E-state index in [0.717, 1.165) is 13.0 Å². The summed E-state index contributed by atoms with van der Waals surface area (Å²) in [6.07, 6.45) is 14.0. The van der Waals surface area contributed by atoms with Gasteiger partial charge in [-0.15, -0.1) is 0 Å². The minimum absolute atomic E-state index is 0.384. The Labute approximate surface area is 110 Å². The first kappa shape index (κ1) is 14.8. The van der Waals surface area contributed by atoms with Crippen LogP contribution in [0.15, 0.2) is 18.5 Å². The van der Waals surface area contributed by atoms with Gasteiger partial charge in [-0.1, -0.05) is 51.9 Å². The van der Waals surface area contributed by atoms with Gasteiger partial charge in [0, 0.05) is 18.9 Å². The molecule has 0 radical (unpaired) electrons. The molecule has 0 amide bonds. The predicted molar refractivity (Wildman–Crippen MR) is 74.0 cm³/mol. The van der Waals surface area contributed by atoms with E-state index in [1.807, 2.05) is 10.8 Å². The Bertz CT molecular complexity index is 344. The molecule has 0 aromatic carbocycles. The maximum atomic E-state index is 10.7. The number of carbonyl (C=O) groups is 1. The monoisotopic (exact) mass is 251 g/mol. The Morgan fingerprint density at radius 2 is 1.72 bits per heavy atom. The van der Waals surface area contributed by atoms with Crippen molar-refractivity contribution in [1.82, 2.24) is 4.57 Å². The van der Waals surface area contributed by atoms with E-state index in [1.165, 1.54) is 44.9 Å². The van der Waals surface area contributed by atoms with Crippen molar-refractivity contribution in [3.05, 3.63) is 24.0 Å². The lowest BCUT2D eigenvalue weighted by Gasteiger charge is -2.03. The fourth-order valence-electron chi connectivity index (χ4n) is 2.13.